The first-order valence-corrected chi connectivity index (χ1v) is 7.07. The van der Waals surface area contributed by atoms with Crippen molar-refractivity contribution >= 4 is 5.97 Å². The number of ether oxygens (including phenoxy) is 2. The number of rotatable bonds is 0. The minimum Gasteiger partial charge on any atom is -0.454 e. The topological polar surface area (TPSA) is 35.5 Å². The van der Waals surface area contributed by atoms with Gasteiger partial charge in [-0.25, -0.2) is 4.79 Å². The minimum absolute atomic E-state index is 0.0294. The largest absolute Gasteiger partial charge is 0.454 e. The molecule has 0 aliphatic carbocycles. The zero-order chi connectivity index (χ0) is 15.3. The van der Waals surface area contributed by atoms with Gasteiger partial charge in [-0.15, -0.1) is 0 Å². The van der Waals surface area contributed by atoms with Gasteiger partial charge in [-0.2, -0.15) is 0 Å². The highest BCUT2D eigenvalue weighted by Gasteiger charge is 2.33. The van der Waals surface area contributed by atoms with E-state index in [-0.39, 0.29) is 16.8 Å². The monoisotopic (exact) mass is 276 g/mol. The maximum atomic E-state index is 12.2. The zero-order valence-electron chi connectivity index (χ0n) is 13.5. The van der Waals surface area contributed by atoms with Crippen molar-refractivity contribution in [2.75, 3.05) is 0 Å². The lowest BCUT2D eigenvalue weighted by atomic mass is 9.78. The lowest BCUT2D eigenvalue weighted by molar-refractivity contribution is -0.0497. The third-order valence-electron chi connectivity index (χ3n) is 3.54. The Morgan fingerprint density at radius 3 is 2.05 bits per heavy atom. The van der Waals surface area contributed by atoms with Gasteiger partial charge in [0.25, 0.3) is 0 Å². The number of carbonyl (C=O) groups is 1. The van der Waals surface area contributed by atoms with E-state index < -0.39 is 6.29 Å². The fourth-order valence-electron chi connectivity index (χ4n) is 2.30. The maximum absolute atomic E-state index is 12.2. The lowest BCUT2D eigenvalue weighted by Crippen LogP contribution is -2.30. The fourth-order valence-corrected chi connectivity index (χ4v) is 2.30. The molecule has 1 heterocycles. The molecule has 20 heavy (non-hydrogen) atoms. The van der Waals surface area contributed by atoms with Crippen LogP contribution in [0.4, 0.5) is 0 Å². The first-order chi connectivity index (χ1) is 9.00. The van der Waals surface area contributed by atoms with Gasteiger partial charge in [-0.05, 0) is 22.5 Å². The van der Waals surface area contributed by atoms with Crippen molar-refractivity contribution in [2.45, 2.75) is 65.6 Å². The molecule has 1 unspecified atom stereocenters. The average molecular weight is 276 g/mol. The lowest BCUT2D eigenvalue weighted by Gasteiger charge is -2.32. The van der Waals surface area contributed by atoms with Gasteiger partial charge in [0.1, 0.15) is 11.3 Å². The van der Waals surface area contributed by atoms with Crippen molar-refractivity contribution in [3.05, 3.63) is 28.8 Å². The second-order valence-corrected chi connectivity index (χ2v) is 7.49. The van der Waals surface area contributed by atoms with E-state index in [2.05, 4.69) is 47.6 Å². The summed E-state index contributed by atoms with van der Waals surface area (Å²) < 4.78 is 11.0. The van der Waals surface area contributed by atoms with Crippen molar-refractivity contribution in [1.82, 2.24) is 0 Å². The van der Waals surface area contributed by atoms with Crippen LogP contribution in [-0.2, 0) is 15.6 Å². The number of hydrogen-bond acceptors (Lipinski definition) is 3. The third-order valence-corrected chi connectivity index (χ3v) is 3.54. The highest BCUT2D eigenvalue weighted by Crippen LogP contribution is 2.40. The molecule has 0 saturated carbocycles. The first kappa shape index (κ1) is 14.9. The van der Waals surface area contributed by atoms with E-state index in [1.54, 1.807) is 6.92 Å². The number of benzene rings is 1. The quantitative estimate of drug-likeness (QED) is 0.667. The summed E-state index contributed by atoms with van der Waals surface area (Å²) in [6, 6.07) is 4.06. The highest BCUT2D eigenvalue weighted by molar-refractivity contribution is 5.94. The summed E-state index contributed by atoms with van der Waals surface area (Å²) >= 11 is 0. The SMILES string of the molecule is CC1OC(=O)c2cc(C(C)(C)C)cc(C(C)(C)C)c2O1. The predicted molar refractivity (Wildman–Crippen MR) is 79.3 cm³/mol. The molecule has 0 bridgehead atoms. The van der Waals surface area contributed by atoms with Crippen LogP contribution < -0.4 is 4.74 Å². The molecular weight excluding hydrogens is 252 g/mol. The molecule has 3 nitrogen and oxygen atoms in total. The van der Waals surface area contributed by atoms with Crippen LogP contribution in [0.1, 0.15) is 70.0 Å². The summed E-state index contributed by atoms with van der Waals surface area (Å²) in [5, 5.41) is 0. The molecule has 2 rings (SSSR count). The Balaban J connectivity index is 2.72. The average Bonchev–Trinajstić information content (AvgIpc) is 2.24. The van der Waals surface area contributed by atoms with Crippen LogP contribution in [0.25, 0.3) is 0 Å². The Morgan fingerprint density at radius 2 is 1.55 bits per heavy atom. The van der Waals surface area contributed by atoms with E-state index in [0.717, 1.165) is 11.1 Å². The fraction of sp³-hybridized carbons (Fsp3) is 0.588. The summed E-state index contributed by atoms with van der Waals surface area (Å²) in [5.74, 6) is 0.379. The molecule has 0 saturated heterocycles. The van der Waals surface area contributed by atoms with Crippen LogP contribution in [-0.4, -0.2) is 12.3 Å². The number of cyclic esters (lactones) is 1. The van der Waals surface area contributed by atoms with Crippen molar-refractivity contribution in [3.8, 4) is 5.75 Å². The molecule has 0 N–H and O–H groups in total. The molecule has 1 aromatic rings. The van der Waals surface area contributed by atoms with Crippen LogP contribution in [0, 0.1) is 0 Å². The van der Waals surface area contributed by atoms with Crippen LogP contribution >= 0.6 is 0 Å². The van der Waals surface area contributed by atoms with Crippen LogP contribution in [0.15, 0.2) is 12.1 Å². The molecule has 0 aromatic heterocycles. The van der Waals surface area contributed by atoms with Crippen molar-refractivity contribution in [2.24, 2.45) is 0 Å². The van der Waals surface area contributed by atoms with Gasteiger partial charge in [0.15, 0.2) is 0 Å². The van der Waals surface area contributed by atoms with Gasteiger partial charge < -0.3 is 9.47 Å². The summed E-state index contributed by atoms with van der Waals surface area (Å²) in [7, 11) is 0. The Morgan fingerprint density at radius 1 is 0.950 bits per heavy atom. The van der Waals surface area contributed by atoms with Crippen molar-refractivity contribution in [1.29, 1.82) is 0 Å². The van der Waals surface area contributed by atoms with Gasteiger partial charge in [-0.3, -0.25) is 0 Å². The molecule has 0 spiro atoms. The molecule has 1 atom stereocenters. The van der Waals surface area contributed by atoms with Crippen LogP contribution in [0.5, 0.6) is 5.75 Å². The second-order valence-electron chi connectivity index (χ2n) is 7.49. The molecule has 1 aliphatic rings. The smallest absolute Gasteiger partial charge is 0.345 e. The molecular formula is C17H24O3. The molecule has 1 aromatic carbocycles. The van der Waals surface area contributed by atoms with Crippen LogP contribution in [0.2, 0.25) is 0 Å². The number of hydrogen-bond donors (Lipinski definition) is 0. The number of esters is 1. The van der Waals surface area contributed by atoms with Gasteiger partial charge in [0, 0.05) is 12.5 Å². The summed E-state index contributed by atoms with van der Waals surface area (Å²) in [5.41, 5.74) is 2.60. The Kier molecular flexibility index (Phi) is 3.35. The summed E-state index contributed by atoms with van der Waals surface area (Å²) in [4.78, 5) is 12.2. The Hall–Kier alpha value is -1.51. The Labute approximate surface area is 121 Å². The predicted octanol–water partition coefficient (Wildman–Crippen LogP) is 4.18. The van der Waals surface area contributed by atoms with E-state index in [4.69, 9.17) is 9.47 Å². The van der Waals surface area contributed by atoms with Crippen LogP contribution in [0.3, 0.4) is 0 Å². The van der Waals surface area contributed by atoms with E-state index in [9.17, 15) is 4.79 Å². The number of carbonyl (C=O) groups excluding carboxylic acids is 1. The highest BCUT2D eigenvalue weighted by atomic mass is 16.7. The molecule has 110 valence electrons. The van der Waals surface area contributed by atoms with Gasteiger partial charge in [-0.1, -0.05) is 47.6 Å². The van der Waals surface area contributed by atoms with Gasteiger partial charge in [0.2, 0.25) is 6.29 Å². The van der Waals surface area contributed by atoms with Gasteiger partial charge in [0.05, 0.1) is 0 Å². The van der Waals surface area contributed by atoms with E-state index >= 15 is 0 Å². The maximum Gasteiger partial charge on any atom is 0.345 e. The normalized spacial score (nSPS) is 19.1. The molecule has 0 fully saturated rings. The van der Waals surface area contributed by atoms with E-state index in [1.807, 2.05) is 6.07 Å². The van der Waals surface area contributed by atoms with Crippen molar-refractivity contribution < 1.29 is 14.3 Å². The third kappa shape index (κ3) is 2.67. The Bertz CT molecular complexity index is 545. The summed E-state index contributed by atoms with van der Waals surface area (Å²) in [6.07, 6.45) is -0.531. The standard InChI is InChI=1S/C17H24O3/c1-10-19-14-12(15(18)20-10)8-11(16(2,3)4)9-13(14)17(5,6)7/h8-10H,1-7H3. The molecule has 0 amide bonds. The summed E-state index contributed by atoms with van der Waals surface area (Å²) in [6.45, 7) is 14.5. The molecule has 1 aliphatic heterocycles. The molecule has 3 heteroatoms. The van der Waals surface area contributed by atoms with Gasteiger partial charge >= 0.3 is 5.97 Å². The van der Waals surface area contributed by atoms with E-state index in [0.29, 0.717) is 11.3 Å². The second kappa shape index (κ2) is 4.51. The molecule has 0 radical (unpaired) electrons. The minimum atomic E-state index is -0.531. The number of fused-ring (bicyclic) bond motifs is 1. The van der Waals surface area contributed by atoms with E-state index in [1.165, 1.54) is 0 Å². The first-order valence-electron chi connectivity index (χ1n) is 7.07. The zero-order valence-corrected chi connectivity index (χ0v) is 13.5. The van der Waals surface area contributed by atoms with Crippen molar-refractivity contribution in [3.63, 3.8) is 0 Å².